The summed E-state index contributed by atoms with van der Waals surface area (Å²) in [6.07, 6.45) is 1.65. The molecule has 7 nitrogen and oxygen atoms in total. The van der Waals surface area contributed by atoms with Crippen molar-refractivity contribution >= 4 is 21.1 Å². The quantitative estimate of drug-likeness (QED) is 0.846. The minimum absolute atomic E-state index is 0.0976. The number of sulfonamides is 1. The molecule has 3 rings (SSSR count). The minimum Gasteiger partial charge on any atom is -0.327 e. The van der Waals surface area contributed by atoms with Crippen LogP contribution >= 0.6 is 0 Å². The van der Waals surface area contributed by atoms with Crippen molar-refractivity contribution in [3.05, 3.63) is 18.2 Å². The standard InChI is InChI=1S/C12H17N5O2S/c1-16-14-10-5-2-6-11(12(10)15-16)20(18,19)17-7-3-4-9(13)8-17/h2,5-6,9H,3-4,7-8,13H2,1H3/t9-/m1/s1. The lowest BCUT2D eigenvalue weighted by Gasteiger charge is -2.29. The SMILES string of the molecule is Cn1nc2cccc(S(=O)(=O)N3CCC[C@@H](N)C3)c2n1. The van der Waals surface area contributed by atoms with E-state index in [0.29, 0.717) is 24.1 Å². The number of nitrogens with two attached hydrogens (primary N) is 1. The molecule has 2 N–H and O–H groups in total. The highest BCUT2D eigenvalue weighted by atomic mass is 32.2. The maximum atomic E-state index is 12.7. The van der Waals surface area contributed by atoms with Gasteiger partial charge in [0.1, 0.15) is 15.9 Å². The van der Waals surface area contributed by atoms with Crippen LogP contribution in [0.3, 0.4) is 0 Å². The second-order valence-corrected chi connectivity index (χ2v) is 6.99. The largest absolute Gasteiger partial charge is 0.327 e. The molecule has 0 amide bonds. The van der Waals surface area contributed by atoms with Crippen molar-refractivity contribution in [2.75, 3.05) is 13.1 Å². The molecule has 20 heavy (non-hydrogen) atoms. The highest BCUT2D eigenvalue weighted by Gasteiger charge is 2.31. The third kappa shape index (κ3) is 2.19. The molecule has 1 fully saturated rings. The first kappa shape index (κ1) is 13.5. The predicted octanol–water partition coefficient (Wildman–Crippen LogP) is 0.0801. The van der Waals surface area contributed by atoms with E-state index >= 15 is 0 Å². The molecule has 1 saturated heterocycles. The summed E-state index contributed by atoms with van der Waals surface area (Å²) in [5.41, 5.74) is 6.87. The van der Waals surface area contributed by atoms with E-state index in [-0.39, 0.29) is 10.9 Å². The molecule has 1 aromatic carbocycles. The summed E-state index contributed by atoms with van der Waals surface area (Å²) < 4.78 is 26.9. The van der Waals surface area contributed by atoms with Crippen LogP contribution in [0.25, 0.3) is 11.0 Å². The normalized spacial score (nSPS) is 21.4. The van der Waals surface area contributed by atoms with Gasteiger partial charge in [-0.3, -0.25) is 0 Å². The molecule has 1 aliphatic heterocycles. The highest BCUT2D eigenvalue weighted by Crippen LogP contribution is 2.25. The topological polar surface area (TPSA) is 94.1 Å². The lowest BCUT2D eigenvalue weighted by atomic mass is 10.1. The van der Waals surface area contributed by atoms with Crippen LogP contribution in [-0.2, 0) is 17.1 Å². The Bertz CT molecular complexity index is 739. The van der Waals surface area contributed by atoms with Crippen LogP contribution in [0.2, 0.25) is 0 Å². The molecule has 0 unspecified atom stereocenters. The van der Waals surface area contributed by atoms with Crippen LogP contribution in [0.4, 0.5) is 0 Å². The van der Waals surface area contributed by atoms with Crippen LogP contribution in [0.5, 0.6) is 0 Å². The van der Waals surface area contributed by atoms with Gasteiger partial charge in [0.2, 0.25) is 10.0 Å². The van der Waals surface area contributed by atoms with Gasteiger partial charge in [-0.25, -0.2) is 8.42 Å². The third-order valence-electron chi connectivity index (χ3n) is 3.51. The van der Waals surface area contributed by atoms with Gasteiger partial charge in [-0.15, -0.1) is 0 Å². The monoisotopic (exact) mass is 295 g/mol. The molecule has 0 radical (unpaired) electrons. The fraction of sp³-hybridized carbons (Fsp3) is 0.500. The average Bonchev–Trinajstić information content (AvgIpc) is 2.78. The summed E-state index contributed by atoms with van der Waals surface area (Å²) in [5.74, 6) is 0. The Hall–Kier alpha value is -1.51. The van der Waals surface area contributed by atoms with Crippen molar-refractivity contribution in [1.82, 2.24) is 19.3 Å². The van der Waals surface area contributed by atoms with E-state index in [1.165, 1.54) is 9.10 Å². The van der Waals surface area contributed by atoms with Gasteiger partial charge in [0.25, 0.3) is 0 Å². The Morgan fingerprint density at radius 3 is 2.90 bits per heavy atom. The second kappa shape index (κ2) is 4.80. The minimum atomic E-state index is -3.57. The third-order valence-corrected chi connectivity index (χ3v) is 5.41. The molecule has 2 aromatic rings. The smallest absolute Gasteiger partial charge is 0.245 e. The van der Waals surface area contributed by atoms with Crippen molar-refractivity contribution in [3.8, 4) is 0 Å². The Morgan fingerprint density at radius 1 is 1.35 bits per heavy atom. The van der Waals surface area contributed by atoms with Gasteiger partial charge in [0, 0.05) is 26.2 Å². The Kier molecular flexibility index (Phi) is 3.23. The fourth-order valence-electron chi connectivity index (χ4n) is 2.55. The molecule has 108 valence electrons. The second-order valence-electron chi connectivity index (χ2n) is 5.08. The average molecular weight is 295 g/mol. The zero-order chi connectivity index (χ0) is 14.3. The van der Waals surface area contributed by atoms with Gasteiger partial charge in [-0.05, 0) is 25.0 Å². The number of nitrogens with zero attached hydrogens (tertiary/aromatic N) is 4. The lowest BCUT2D eigenvalue weighted by Crippen LogP contribution is -2.45. The number of fused-ring (bicyclic) bond motifs is 1. The molecule has 1 aliphatic rings. The van der Waals surface area contributed by atoms with Crippen LogP contribution in [0.15, 0.2) is 23.1 Å². The molecule has 0 bridgehead atoms. The van der Waals surface area contributed by atoms with Crippen LogP contribution in [0, 0.1) is 0 Å². The number of aromatic nitrogens is 3. The van der Waals surface area contributed by atoms with E-state index in [4.69, 9.17) is 5.73 Å². The summed E-state index contributed by atoms with van der Waals surface area (Å²) in [6, 6.07) is 4.92. The number of hydrogen-bond donors (Lipinski definition) is 1. The van der Waals surface area contributed by atoms with E-state index in [0.717, 1.165) is 12.8 Å². The maximum absolute atomic E-state index is 12.7. The van der Waals surface area contributed by atoms with Crippen LogP contribution in [-0.4, -0.2) is 46.8 Å². The zero-order valence-electron chi connectivity index (χ0n) is 11.2. The summed E-state index contributed by atoms with van der Waals surface area (Å²) in [6.45, 7) is 0.867. The van der Waals surface area contributed by atoms with Crippen molar-refractivity contribution in [2.45, 2.75) is 23.8 Å². The maximum Gasteiger partial charge on any atom is 0.245 e. The van der Waals surface area contributed by atoms with Gasteiger partial charge in [0.15, 0.2) is 0 Å². The van der Waals surface area contributed by atoms with E-state index < -0.39 is 10.0 Å². The number of hydrogen-bond acceptors (Lipinski definition) is 5. The highest BCUT2D eigenvalue weighted by molar-refractivity contribution is 7.89. The first-order valence-electron chi connectivity index (χ1n) is 6.54. The Balaban J connectivity index is 2.09. The molecular formula is C12H17N5O2S. The van der Waals surface area contributed by atoms with Crippen LogP contribution in [0.1, 0.15) is 12.8 Å². The van der Waals surface area contributed by atoms with Crippen molar-refractivity contribution in [3.63, 3.8) is 0 Å². The summed E-state index contributed by atoms with van der Waals surface area (Å²) >= 11 is 0. The van der Waals surface area contributed by atoms with Gasteiger partial charge in [-0.1, -0.05) is 6.07 Å². The predicted molar refractivity (Wildman–Crippen MR) is 74.5 cm³/mol. The number of aryl methyl sites for hydroxylation is 1. The molecule has 0 aliphatic carbocycles. The Morgan fingerprint density at radius 2 is 2.15 bits per heavy atom. The van der Waals surface area contributed by atoms with E-state index in [1.807, 2.05) is 0 Å². The Labute approximate surface area is 117 Å². The molecule has 1 atom stereocenters. The molecule has 0 spiro atoms. The summed E-state index contributed by atoms with van der Waals surface area (Å²) in [5, 5.41) is 8.31. The number of piperidine rings is 1. The van der Waals surface area contributed by atoms with Gasteiger partial charge >= 0.3 is 0 Å². The van der Waals surface area contributed by atoms with Gasteiger partial charge in [0.05, 0.1) is 0 Å². The fourth-order valence-corrected chi connectivity index (χ4v) is 4.23. The summed E-state index contributed by atoms with van der Waals surface area (Å²) in [4.78, 5) is 1.59. The van der Waals surface area contributed by atoms with E-state index in [1.54, 1.807) is 25.2 Å². The molecular weight excluding hydrogens is 278 g/mol. The van der Waals surface area contributed by atoms with E-state index in [2.05, 4.69) is 10.2 Å². The summed E-state index contributed by atoms with van der Waals surface area (Å²) in [7, 11) is -1.90. The van der Waals surface area contributed by atoms with Gasteiger partial charge in [-0.2, -0.15) is 19.3 Å². The van der Waals surface area contributed by atoms with Gasteiger partial charge < -0.3 is 5.73 Å². The number of benzene rings is 1. The first-order valence-corrected chi connectivity index (χ1v) is 7.98. The van der Waals surface area contributed by atoms with Crippen LogP contribution < -0.4 is 5.73 Å². The molecule has 8 heteroatoms. The first-order chi connectivity index (χ1) is 9.48. The molecule has 2 heterocycles. The number of rotatable bonds is 2. The lowest BCUT2D eigenvalue weighted by molar-refractivity contribution is 0.316. The molecule has 1 aromatic heterocycles. The van der Waals surface area contributed by atoms with E-state index in [9.17, 15) is 8.42 Å². The van der Waals surface area contributed by atoms with Crippen molar-refractivity contribution in [2.24, 2.45) is 12.8 Å². The molecule has 0 saturated carbocycles. The zero-order valence-corrected chi connectivity index (χ0v) is 12.0. The van der Waals surface area contributed by atoms with Crippen molar-refractivity contribution in [1.29, 1.82) is 0 Å². The van der Waals surface area contributed by atoms with Crippen molar-refractivity contribution < 1.29 is 8.42 Å².